The molecule has 0 bridgehead atoms. The van der Waals surface area contributed by atoms with Crippen LogP contribution in [0.2, 0.25) is 0 Å². The van der Waals surface area contributed by atoms with E-state index in [0.717, 1.165) is 82.8 Å². The van der Waals surface area contributed by atoms with E-state index in [2.05, 4.69) is 38.8 Å². The van der Waals surface area contributed by atoms with Gasteiger partial charge in [-0.2, -0.15) is 0 Å². The molecule has 4 rings (SSSR count). The van der Waals surface area contributed by atoms with Crippen molar-refractivity contribution in [2.45, 2.75) is 20.0 Å². The van der Waals surface area contributed by atoms with Crippen molar-refractivity contribution in [3.8, 4) is 0 Å². The molecular formula is C21H31N5O2. The average Bonchev–Trinajstić information content (AvgIpc) is 2.74. The smallest absolute Gasteiger partial charge is 0.0594 e. The Hall–Kier alpha value is -2.06. The lowest BCUT2D eigenvalue weighted by molar-refractivity contribution is 0.0336. The zero-order chi connectivity index (χ0) is 19.6. The third kappa shape index (κ3) is 7.16. The highest BCUT2D eigenvalue weighted by atomic mass is 16.5. The Bertz CT molecular complexity index is 619. The van der Waals surface area contributed by atoms with Crippen LogP contribution in [0.1, 0.15) is 17.0 Å². The Labute approximate surface area is 167 Å². The fraction of sp³-hybridized carbons (Fsp3) is 0.524. The van der Waals surface area contributed by atoms with Crippen molar-refractivity contribution in [2.75, 3.05) is 58.3 Å². The van der Waals surface area contributed by atoms with E-state index >= 15 is 0 Å². The van der Waals surface area contributed by atoms with Crippen molar-refractivity contribution in [3.05, 3.63) is 53.6 Å². The molecule has 28 heavy (non-hydrogen) atoms. The molecule has 7 nitrogen and oxygen atoms in total. The highest BCUT2D eigenvalue weighted by Crippen LogP contribution is 2.07. The van der Waals surface area contributed by atoms with Crippen LogP contribution in [0.3, 0.4) is 0 Å². The maximum absolute atomic E-state index is 5.56. The first kappa shape index (κ1) is 20.7. The Balaban J connectivity index is 0.000000161. The molecule has 2 aromatic heterocycles. The van der Waals surface area contributed by atoms with E-state index in [1.54, 1.807) is 6.20 Å². The number of aryl methyl sites for hydroxylation is 1. The molecule has 0 aromatic carbocycles. The highest BCUT2D eigenvalue weighted by Gasteiger charge is 2.11. The summed E-state index contributed by atoms with van der Waals surface area (Å²) >= 11 is 0. The summed E-state index contributed by atoms with van der Waals surface area (Å²) in [6.45, 7) is 11.3. The normalized spacial score (nSPS) is 18.3. The minimum atomic E-state index is 0.718. The predicted octanol–water partition coefficient (Wildman–Crippen LogP) is 1.72. The Morgan fingerprint density at radius 3 is 1.71 bits per heavy atom. The molecule has 2 aliphatic heterocycles. The van der Waals surface area contributed by atoms with Crippen LogP contribution in [0.5, 0.6) is 0 Å². The van der Waals surface area contributed by atoms with E-state index in [0.29, 0.717) is 0 Å². The lowest BCUT2D eigenvalue weighted by Gasteiger charge is -2.26. The van der Waals surface area contributed by atoms with E-state index in [1.807, 2.05) is 18.3 Å². The van der Waals surface area contributed by atoms with Gasteiger partial charge in [-0.05, 0) is 30.7 Å². The first-order chi connectivity index (χ1) is 13.7. The summed E-state index contributed by atoms with van der Waals surface area (Å²) < 4.78 is 10.6. The summed E-state index contributed by atoms with van der Waals surface area (Å²) in [5, 5.41) is 0. The molecule has 0 spiro atoms. The number of hydrogen-bond donors (Lipinski definition) is 1. The van der Waals surface area contributed by atoms with E-state index in [-0.39, 0.29) is 0 Å². The first-order valence-corrected chi connectivity index (χ1v) is 9.91. The number of anilines is 1. The number of pyridine rings is 2. The number of aromatic nitrogens is 2. The second-order valence-corrected chi connectivity index (χ2v) is 7.19. The van der Waals surface area contributed by atoms with Crippen molar-refractivity contribution >= 4 is 5.69 Å². The molecule has 4 heterocycles. The van der Waals surface area contributed by atoms with E-state index in [9.17, 15) is 0 Å². The van der Waals surface area contributed by atoms with Gasteiger partial charge in [0.2, 0.25) is 0 Å². The van der Waals surface area contributed by atoms with Gasteiger partial charge in [0, 0.05) is 45.5 Å². The Morgan fingerprint density at radius 1 is 0.786 bits per heavy atom. The Morgan fingerprint density at radius 2 is 1.29 bits per heavy atom. The van der Waals surface area contributed by atoms with Gasteiger partial charge < -0.3 is 15.2 Å². The second-order valence-electron chi connectivity index (χ2n) is 7.19. The largest absolute Gasteiger partial charge is 0.397 e. The lowest BCUT2D eigenvalue weighted by Crippen LogP contribution is -2.35. The first-order valence-electron chi connectivity index (χ1n) is 9.91. The lowest BCUT2D eigenvalue weighted by atomic mass is 10.2. The number of rotatable bonds is 4. The third-order valence-corrected chi connectivity index (χ3v) is 4.80. The minimum Gasteiger partial charge on any atom is -0.397 e. The van der Waals surface area contributed by atoms with Crippen LogP contribution in [0.25, 0.3) is 0 Å². The van der Waals surface area contributed by atoms with Gasteiger partial charge >= 0.3 is 0 Å². The fourth-order valence-corrected chi connectivity index (χ4v) is 3.10. The van der Waals surface area contributed by atoms with Gasteiger partial charge in [0.25, 0.3) is 0 Å². The third-order valence-electron chi connectivity index (χ3n) is 4.80. The van der Waals surface area contributed by atoms with E-state index in [1.165, 1.54) is 5.56 Å². The van der Waals surface area contributed by atoms with Crippen LogP contribution in [0.15, 0.2) is 36.7 Å². The molecule has 0 radical (unpaired) electrons. The molecule has 0 amide bonds. The highest BCUT2D eigenvalue weighted by molar-refractivity contribution is 5.34. The summed E-state index contributed by atoms with van der Waals surface area (Å²) in [4.78, 5) is 13.4. The molecule has 7 heteroatoms. The zero-order valence-corrected chi connectivity index (χ0v) is 16.7. The summed E-state index contributed by atoms with van der Waals surface area (Å²) in [7, 11) is 0. The summed E-state index contributed by atoms with van der Waals surface area (Å²) in [5.41, 5.74) is 9.72. The summed E-state index contributed by atoms with van der Waals surface area (Å²) in [5.74, 6) is 0. The average molecular weight is 386 g/mol. The fourth-order valence-electron chi connectivity index (χ4n) is 3.10. The van der Waals surface area contributed by atoms with Gasteiger partial charge in [-0.1, -0.05) is 6.07 Å². The molecule has 152 valence electrons. The number of nitrogen functional groups attached to an aromatic ring is 1. The van der Waals surface area contributed by atoms with Crippen molar-refractivity contribution in [1.82, 2.24) is 19.8 Å². The molecule has 2 aromatic rings. The standard InChI is InChI=1S/C11H16N2O.C10H15N3O/c1-10-2-3-11(12-8-10)9-13-4-6-14-7-5-13;11-9-1-2-10(12-7-9)8-13-3-5-14-6-4-13/h2-3,8H,4-7,9H2,1H3;1-2,7H,3-6,8,11H2. The number of morpholine rings is 2. The van der Waals surface area contributed by atoms with Crippen LogP contribution < -0.4 is 5.73 Å². The van der Waals surface area contributed by atoms with Crippen LogP contribution in [0, 0.1) is 6.92 Å². The van der Waals surface area contributed by atoms with Crippen molar-refractivity contribution < 1.29 is 9.47 Å². The second kappa shape index (κ2) is 11.1. The van der Waals surface area contributed by atoms with Crippen molar-refractivity contribution in [1.29, 1.82) is 0 Å². The van der Waals surface area contributed by atoms with Gasteiger partial charge in [-0.15, -0.1) is 0 Å². The maximum Gasteiger partial charge on any atom is 0.0594 e. The van der Waals surface area contributed by atoms with Crippen LogP contribution in [-0.2, 0) is 22.6 Å². The topological polar surface area (TPSA) is 76.7 Å². The predicted molar refractivity (Wildman–Crippen MR) is 110 cm³/mol. The summed E-state index contributed by atoms with van der Waals surface area (Å²) in [6, 6.07) is 8.08. The van der Waals surface area contributed by atoms with Crippen LogP contribution in [0.4, 0.5) is 5.69 Å². The molecule has 2 saturated heterocycles. The van der Waals surface area contributed by atoms with Crippen molar-refractivity contribution in [2.24, 2.45) is 0 Å². The number of nitrogens with zero attached hydrogens (tertiary/aromatic N) is 4. The van der Waals surface area contributed by atoms with Crippen LogP contribution >= 0.6 is 0 Å². The van der Waals surface area contributed by atoms with E-state index in [4.69, 9.17) is 15.2 Å². The van der Waals surface area contributed by atoms with Crippen molar-refractivity contribution in [3.63, 3.8) is 0 Å². The Kier molecular flexibility index (Phi) is 8.17. The SMILES string of the molecule is Cc1ccc(CN2CCOCC2)nc1.Nc1ccc(CN2CCOCC2)nc1. The quantitative estimate of drug-likeness (QED) is 0.859. The number of hydrogen-bond acceptors (Lipinski definition) is 7. The van der Waals surface area contributed by atoms with Gasteiger partial charge in [0.15, 0.2) is 0 Å². The minimum absolute atomic E-state index is 0.718. The van der Waals surface area contributed by atoms with E-state index < -0.39 is 0 Å². The van der Waals surface area contributed by atoms with Gasteiger partial charge in [-0.3, -0.25) is 19.8 Å². The number of ether oxygens (including phenoxy) is 2. The molecule has 2 fully saturated rings. The molecule has 2 N–H and O–H groups in total. The van der Waals surface area contributed by atoms with Gasteiger partial charge in [-0.25, -0.2) is 0 Å². The monoisotopic (exact) mass is 385 g/mol. The van der Waals surface area contributed by atoms with Crippen LogP contribution in [-0.4, -0.2) is 72.4 Å². The molecule has 0 saturated carbocycles. The van der Waals surface area contributed by atoms with Gasteiger partial charge in [0.1, 0.15) is 0 Å². The molecule has 0 unspecified atom stereocenters. The molecule has 2 aliphatic rings. The molecule has 0 atom stereocenters. The molecule has 0 aliphatic carbocycles. The summed E-state index contributed by atoms with van der Waals surface area (Å²) in [6.07, 6.45) is 3.63. The zero-order valence-electron chi connectivity index (χ0n) is 16.7. The number of nitrogens with two attached hydrogens (primary N) is 1. The van der Waals surface area contributed by atoms with Gasteiger partial charge in [0.05, 0.1) is 49.7 Å². The maximum atomic E-state index is 5.56. The molecular weight excluding hydrogens is 354 g/mol.